The average molecular weight is 301 g/mol. The topological polar surface area (TPSA) is 96.9 Å². The van der Waals surface area contributed by atoms with E-state index in [1.54, 1.807) is 20.8 Å². The van der Waals surface area contributed by atoms with Gasteiger partial charge in [0.05, 0.1) is 4.75 Å². The summed E-state index contributed by atoms with van der Waals surface area (Å²) in [7, 11) is -3.23. The Labute approximate surface area is 120 Å². The zero-order valence-electron chi connectivity index (χ0n) is 12.3. The van der Waals surface area contributed by atoms with E-state index in [1.807, 2.05) is 0 Å². The molecule has 114 valence electrons. The fourth-order valence-corrected chi connectivity index (χ4v) is 2.23. The number of hydrogen-bond donors (Lipinski definition) is 2. The molecule has 0 saturated heterocycles. The van der Waals surface area contributed by atoms with Crippen molar-refractivity contribution in [2.24, 2.45) is 0 Å². The highest BCUT2D eigenvalue weighted by Gasteiger charge is 2.27. The molecule has 20 heavy (non-hydrogen) atoms. The molecule has 0 radical (unpaired) electrons. The monoisotopic (exact) mass is 301 g/mol. The van der Waals surface area contributed by atoms with Gasteiger partial charge in [0.1, 0.15) is 12.7 Å². The molecular weight excluding hydrogens is 278 g/mol. The first-order valence-corrected chi connectivity index (χ1v) is 8.16. The van der Waals surface area contributed by atoms with Crippen molar-refractivity contribution in [3.63, 3.8) is 0 Å². The highest BCUT2D eigenvalue weighted by atomic mass is 32.2. The van der Waals surface area contributed by atoms with Crippen LogP contribution in [-0.4, -0.2) is 41.2 Å². The van der Waals surface area contributed by atoms with Gasteiger partial charge in [-0.05, 0) is 33.6 Å². The Bertz CT molecular complexity index is 484. The van der Waals surface area contributed by atoms with E-state index in [1.165, 1.54) is 12.7 Å². The van der Waals surface area contributed by atoms with E-state index in [0.717, 1.165) is 25.8 Å². The molecular formula is C12H23N5O2S. The van der Waals surface area contributed by atoms with Gasteiger partial charge in [0.2, 0.25) is 16.0 Å². The summed E-state index contributed by atoms with van der Waals surface area (Å²) in [5.74, 6) is 0.563. The molecule has 1 aromatic heterocycles. The van der Waals surface area contributed by atoms with Crippen molar-refractivity contribution < 1.29 is 8.42 Å². The first-order chi connectivity index (χ1) is 9.33. The van der Waals surface area contributed by atoms with Crippen molar-refractivity contribution in [2.45, 2.75) is 44.8 Å². The predicted molar refractivity (Wildman–Crippen MR) is 78.8 cm³/mol. The van der Waals surface area contributed by atoms with Crippen molar-refractivity contribution >= 4 is 16.0 Å². The molecule has 0 fully saturated rings. The average Bonchev–Trinajstić information content (AvgIpc) is 2.37. The normalized spacial score (nSPS) is 12.3. The summed E-state index contributed by atoms with van der Waals surface area (Å²) in [6, 6.07) is 0. The molecule has 0 aliphatic carbocycles. The van der Waals surface area contributed by atoms with Crippen LogP contribution in [0.15, 0.2) is 12.7 Å². The lowest BCUT2D eigenvalue weighted by molar-refractivity contribution is 0.540. The van der Waals surface area contributed by atoms with Crippen molar-refractivity contribution in [3.8, 4) is 0 Å². The Balaban J connectivity index is 2.09. The van der Waals surface area contributed by atoms with E-state index in [2.05, 4.69) is 25.0 Å². The van der Waals surface area contributed by atoms with Crippen molar-refractivity contribution in [3.05, 3.63) is 12.7 Å². The van der Waals surface area contributed by atoms with Crippen molar-refractivity contribution in [1.29, 1.82) is 0 Å². The number of nitrogens with zero attached hydrogens (tertiary/aromatic N) is 3. The SMILES string of the molecule is CC(C)(C)S(=O)(=O)NCCCCCNc1ncncn1. The van der Waals surface area contributed by atoms with Gasteiger partial charge in [-0.3, -0.25) is 0 Å². The van der Waals surface area contributed by atoms with Gasteiger partial charge in [0, 0.05) is 13.1 Å². The Morgan fingerprint density at radius 3 is 2.25 bits per heavy atom. The van der Waals surface area contributed by atoms with Crippen LogP contribution >= 0.6 is 0 Å². The molecule has 1 aromatic rings. The maximum atomic E-state index is 11.8. The van der Waals surface area contributed by atoms with Gasteiger partial charge < -0.3 is 5.32 Å². The van der Waals surface area contributed by atoms with Gasteiger partial charge in [0.15, 0.2) is 0 Å². The molecule has 2 N–H and O–H groups in total. The number of unbranched alkanes of at least 4 members (excludes halogenated alkanes) is 2. The van der Waals surface area contributed by atoms with Gasteiger partial charge in [0.25, 0.3) is 0 Å². The van der Waals surface area contributed by atoms with Crippen LogP contribution < -0.4 is 10.0 Å². The van der Waals surface area contributed by atoms with Crippen LogP contribution in [0.3, 0.4) is 0 Å². The van der Waals surface area contributed by atoms with Crippen LogP contribution in [0.5, 0.6) is 0 Å². The molecule has 0 aliphatic rings. The maximum Gasteiger partial charge on any atom is 0.225 e. The molecule has 8 heteroatoms. The summed E-state index contributed by atoms with van der Waals surface area (Å²) in [5, 5.41) is 3.08. The smallest absolute Gasteiger partial charge is 0.225 e. The number of sulfonamides is 1. The van der Waals surface area contributed by atoms with Crippen LogP contribution in [0.4, 0.5) is 5.95 Å². The van der Waals surface area contributed by atoms with Crippen molar-refractivity contribution in [2.75, 3.05) is 18.4 Å². The summed E-state index contributed by atoms with van der Waals surface area (Å²) >= 11 is 0. The van der Waals surface area contributed by atoms with Crippen molar-refractivity contribution in [1.82, 2.24) is 19.7 Å². The third-order valence-corrected chi connectivity index (χ3v) is 4.92. The van der Waals surface area contributed by atoms with Crippen LogP contribution in [0, 0.1) is 0 Å². The zero-order valence-corrected chi connectivity index (χ0v) is 13.1. The number of hydrogen-bond acceptors (Lipinski definition) is 6. The predicted octanol–water partition coefficient (Wildman–Crippen LogP) is 1.17. The van der Waals surface area contributed by atoms with E-state index >= 15 is 0 Å². The Hall–Kier alpha value is -1.28. The summed E-state index contributed by atoms with van der Waals surface area (Å²) in [6.45, 7) is 6.30. The molecule has 0 spiro atoms. The molecule has 0 saturated carbocycles. The minimum Gasteiger partial charge on any atom is -0.354 e. The minimum absolute atomic E-state index is 0.478. The van der Waals surface area contributed by atoms with E-state index in [0.29, 0.717) is 12.5 Å². The molecule has 0 bridgehead atoms. The summed E-state index contributed by atoms with van der Waals surface area (Å²) in [5.41, 5.74) is 0. The fraction of sp³-hybridized carbons (Fsp3) is 0.750. The molecule has 1 heterocycles. The lowest BCUT2D eigenvalue weighted by atomic mass is 10.2. The second-order valence-electron chi connectivity index (χ2n) is 5.46. The molecule has 0 aliphatic heterocycles. The third-order valence-electron chi connectivity index (χ3n) is 2.73. The highest BCUT2D eigenvalue weighted by Crippen LogP contribution is 2.12. The van der Waals surface area contributed by atoms with Crippen LogP contribution in [-0.2, 0) is 10.0 Å². The molecule has 0 amide bonds. The zero-order chi connectivity index (χ0) is 15.1. The van der Waals surface area contributed by atoms with Gasteiger partial charge >= 0.3 is 0 Å². The van der Waals surface area contributed by atoms with Gasteiger partial charge in [-0.15, -0.1) is 0 Å². The summed E-state index contributed by atoms with van der Waals surface area (Å²) in [6.07, 6.45) is 5.56. The van der Waals surface area contributed by atoms with Crippen LogP contribution in [0.1, 0.15) is 40.0 Å². The summed E-state index contributed by atoms with van der Waals surface area (Å²) in [4.78, 5) is 11.6. The Kier molecular flexibility index (Phi) is 6.28. The molecule has 0 aromatic carbocycles. The van der Waals surface area contributed by atoms with E-state index in [9.17, 15) is 8.42 Å². The first-order valence-electron chi connectivity index (χ1n) is 6.68. The summed E-state index contributed by atoms with van der Waals surface area (Å²) < 4.78 is 25.4. The standard InChI is InChI=1S/C12H23N5O2S/c1-12(2,3)20(18,19)17-8-6-4-5-7-14-11-15-9-13-10-16-11/h9-10,17H,4-8H2,1-3H3,(H,13,14,15,16). The second kappa shape index (κ2) is 7.49. The van der Waals surface area contributed by atoms with Crippen LogP contribution in [0.2, 0.25) is 0 Å². The number of rotatable bonds is 8. The van der Waals surface area contributed by atoms with Crippen LogP contribution in [0.25, 0.3) is 0 Å². The van der Waals surface area contributed by atoms with E-state index in [4.69, 9.17) is 0 Å². The largest absolute Gasteiger partial charge is 0.354 e. The highest BCUT2D eigenvalue weighted by molar-refractivity contribution is 7.90. The lowest BCUT2D eigenvalue weighted by Gasteiger charge is -2.19. The molecule has 0 atom stereocenters. The van der Waals surface area contributed by atoms with Gasteiger partial charge in [-0.1, -0.05) is 6.42 Å². The molecule has 0 unspecified atom stereocenters. The fourth-order valence-electron chi connectivity index (χ4n) is 1.38. The van der Waals surface area contributed by atoms with Gasteiger partial charge in [-0.2, -0.15) is 0 Å². The molecule has 1 rings (SSSR count). The second-order valence-corrected chi connectivity index (χ2v) is 7.98. The first kappa shape index (κ1) is 16.8. The molecule has 7 nitrogen and oxygen atoms in total. The number of anilines is 1. The maximum absolute atomic E-state index is 11.8. The number of aromatic nitrogens is 3. The van der Waals surface area contributed by atoms with E-state index < -0.39 is 14.8 Å². The minimum atomic E-state index is -3.23. The van der Waals surface area contributed by atoms with E-state index in [-0.39, 0.29) is 0 Å². The Morgan fingerprint density at radius 1 is 1.05 bits per heavy atom. The lowest BCUT2D eigenvalue weighted by Crippen LogP contribution is -2.39. The van der Waals surface area contributed by atoms with Gasteiger partial charge in [-0.25, -0.2) is 28.1 Å². The Morgan fingerprint density at radius 2 is 1.65 bits per heavy atom. The third kappa shape index (κ3) is 5.79. The number of nitrogens with one attached hydrogen (secondary N) is 2. The quantitative estimate of drug-likeness (QED) is 0.700.